The molecule has 0 saturated carbocycles. The third-order valence-corrected chi connectivity index (χ3v) is 5.67. The van der Waals surface area contributed by atoms with Crippen LogP contribution in [-0.4, -0.2) is 84.7 Å². The fraction of sp³-hybridized carbons (Fsp3) is 0.438. The average molecular weight is 402 g/mol. The van der Waals surface area contributed by atoms with E-state index in [0.29, 0.717) is 37.5 Å². The zero-order valence-electron chi connectivity index (χ0n) is 15.0. The van der Waals surface area contributed by atoms with Crippen LogP contribution in [0.3, 0.4) is 0 Å². The van der Waals surface area contributed by atoms with Crippen LogP contribution in [0.15, 0.2) is 24.3 Å². The normalized spacial score (nSPS) is 14.7. The molecule has 27 heavy (non-hydrogen) atoms. The van der Waals surface area contributed by atoms with Gasteiger partial charge in [0, 0.05) is 31.7 Å². The summed E-state index contributed by atoms with van der Waals surface area (Å²) in [5.41, 5.74) is 0.557. The van der Waals surface area contributed by atoms with Crippen molar-refractivity contribution >= 4 is 27.9 Å². The molecule has 1 heterocycles. The number of piperazine rings is 1. The zero-order chi connectivity index (χ0) is 20.6. The second-order valence-corrected chi connectivity index (χ2v) is 7.69. The Morgan fingerprint density at radius 1 is 1.07 bits per heavy atom. The number of hydrogen-bond donors (Lipinski definition) is 2. The lowest BCUT2D eigenvalue weighted by atomic mass is 10.1. The topological polar surface area (TPSA) is 142 Å². The highest BCUT2D eigenvalue weighted by Crippen LogP contribution is 2.16. The first-order valence-corrected chi connectivity index (χ1v) is 9.60. The third kappa shape index (κ3) is 6.53. The van der Waals surface area contributed by atoms with Gasteiger partial charge in [0.15, 0.2) is 0 Å². The van der Waals surface area contributed by atoms with E-state index in [0.717, 1.165) is 0 Å². The summed E-state index contributed by atoms with van der Waals surface area (Å²) >= 11 is 0. The van der Waals surface area contributed by atoms with Gasteiger partial charge in [0.25, 0.3) is 5.91 Å². The SMILES string of the molecule is CCS(=O)(=O)N1CCN(C(=O)c2cccc(OC)c2)CC1.O=C(O)C(=O)O. The number of carbonyl (C=O) groups excluding carboxylic acids is 1. The molecule has 0 unspecified atom stereocenters. The molecule has 2 N–H and O–H groups in total. The number of amides is 1. The number of ether oxygens (including phenoxy) is 1. The van der Waals surface area contributed by atoms with Crippen LogP contribution in [-0.2, 0) is 19.6 Å². The van der Waals surface area contributed by atoms with Crippen LogP contribution in [0.2, 0.25) is 0 Å². The van der Waals surface area contributed by atoms with Crippen LogP contribution in [0.4, 0.5) is 0 Å². The number of nitrogens with zero attached hydrogens (tertiary/aromatic N) is 2. The van der Waals surface area contributed by atoms with Gasteiger partial charge in [-0.2, -0.15) is 4.31 Å². The minimum atomic E-state index is -3.17. The van der Waals surface area contributed by atoms with Gasteiger partial charge in [-0.05, 0) is 25.1 Å². The molecule has 2 rings (SSSR count). The molecule has 11 heteroatoms. The van der Waals surface area contributed by atoms with Gasteiger partial charge in [0.1, 0.15) is 5.75 Å². The summed E-state index contributed by atoms with van der Waals surface area (Å²) in [7, 11) is -1.62. The summed E-state index contributed by atoms with van der Waals surface area (Å²) in [6, 6.07) is 6.98. The highest BCUT2D eigenvalue weighted by molar-refractivity contribution is 7.89. The molecule has 1 aliphatic rings. The van der Waals surface area contributed by atoms with Crippen molar-refractivity contribution in [3.63, 3.8) is 0 Å². The minimum absolute atomic E-state index is 0.0941. The van der Waals surface area contributed by atoms with Crippen molar-refractivity contribution < 1.29 is 37.8 Å². The van der Waals surface area contributed by atoms with Crippen molar-refractivity contribution in [2.45, 2.75) is 6.92 Å². The number of benzene rings is 1. The second-order valence-electron chi connectivity index (χ2n) is 5.43. The lowest BCUT2D eigenvalue weighted by Crippen LogP contribution is -2.50. The summed E-state index contributed by atoms with van der Waals surface area (Å²) in [6.07, 6.45) is 0. The Labute approximate surface area is 157 Å². The monoisotopic (exact) mass is 402 g/mol. The molecule has 0 aromatic heterocycles. The van der Waals surface area contributed by atoms with Crippen LogP contribution in [0, 0.1) is 0 Å². The first-order chi connectivity index (χ1) is 12.6. The Morgan fingerprint density at radius 3 is 2.07 bits per heavy atom. The first kappa shape index (κ1) is 22.4. The van der Waals surface area contributed by atoms with E-state index in [2.05, 4.69) is 0 Å². The number of rotatable bonds is 4. The molecule has 0 bridgehead atoms. The van der Waals surface area contributed by atoms with Crippen molar-refractivity contribution in [3.05, 3.63) is 29.8 Å². The van der Waals surface area contributed by atoms with Gasteiger partial charge >= 0.3 is 11.9 Å². The molecule has 0 aliphatic carbocycles. The second kappa shape index (κ2) is 9.88. The number of methoxy groups -OCH3 is 1. The van der Waals surface area contributed by atoms with E-state index in [-0.39, 0.29) is 11.7 Å². The fourth-order valence-corrected chi connectivity index (χ4v) is 3.38. The number of sulfonamides is 1. The van der Waals surface area contributed by atoms with Crippen LogP contribution in [0.25, 0.3) is 0 Å². The molecule has 0 spiro atoms. The highest BCUT2D eigenvalue weighted by Gasteiger charge is 2.28. The number of aliphatic carboxylic acids is 2. The van der Waals surface area contributed by atoms with Gasteiger partial charge in [-0.15, -0.1) is 0 Å². The van der Waals surface area contributed by atoms with E-state index in [4.69, 9.17) is 24.5 Å². The Balaban J connectivity index is 0.000000527. The lowest BCUT2D eigenvalue weighted by Gasteiger charge is -2.33. The maximum Gasteiger partial charge on any atom is 0.414 e. The van der Waals surface area contributed by atoms with Crippen LogP contribution in [0.1, 0.15) is 17.3 Å². The molecule has 1 amide bonds. The van der Waals surface area contributed by atoms with Gasteiger partial charge in [-0.3, -0.25) is 4.79 Å². The zero-order valence-corrected chi connectivity index (χ0v) is 15.8. The van der Waals surface area contributed by atoms with Crippen LogP contribution in [0.5, 0.6) is 5.75 Å². The number of carboxylic acids is 2. The van der Waals surface area contributed by atoms with E-state index in [9.17, 15) is 13.2 Å². The maximum absolute atomic E-state index is 12.4. The molecule has 1 aromatic carbocycles. The molecule has 150 valence electrons. The number of carbonyl (C=O) groups is 3. The van der Waals surface area contributed by atoms with Crippen molar-refractivity contribution in [2.24, 2.45) is 0 Å². The Morgan fingerprint density at radius 2 is 1.63 bits per heavy atom. The van der Waals surface area contributed by atoms with Crippen molar-refractivity contribution in [1.82, 2.24) is 9.21 Å². The van der Waals surface area contributed by atoms with Gasteiger partial charge in [-0.25, -0.2) is 18.0 Å². The van der Waals surface area contributed by atoms with Crippen LogP contribution >= 0.6 is 0 Å². The molecule has 10 nitrogen and oxygen atoms in total. The molecule has 1 aromatic rings. The Kier molecular flexibility index (Phi) is 8.19. The minimum Gasteiger partial charge on any atom is -0.497 e. The molecular formula is C16H22N2O8S. The van der Waals surface area contributed by atoms with E-state index in [1.54, 1.807) is 43.2 Å². The maximum atomic E-state index is 12.4. The fourth-order valence-electron chi connectivity index (χ4n) is 2.29. The summed E-state index contributed by atoms with van der Waals surface area (Å²) in [5, 5.41) is 14.8. The van der Waals surface area contributed by atoms with Crippen molar-refractivity contribution in [3.8, 4) is 5.75 Å². The Bertz CT molecular complexity index is 773. The molecular weight excluding hydrogens is 380 g/mol. The standard InChI is InChI=1S/C14H20N2O4S.C2H2O4/c1-3-21(18,19)16-9-7-15(8-10-16)14(17)12-5-4-6-13(11-12)20-2;3-1(4)2(5)6/h4-6,11H,3,7-10H2,1-2H3;(H,3,4)(H,5,6). The predicted octanol–water partition coefficient (Wildman–Crippen LogP) is -0.0417. The predicted molar refractivity (Wildman–Crippen MR) is 95.2 cm³/mol. The third-order valence-electron chi connectivity index (χ3n) is 3.78. The van der Waals surface area contributed by atoms with Crippen molar-refractivity contribution in [2.75, 3.05) is 39.0 Å². The van der Waals surface area contributed by atoms with Crippen LogP contribution < -0.4 is 4.74 Å². The first-order valence-electron chi connectivity index (χ1n) is 7.99. The molecule has 0 atom stereocenters. The van der Waals surface area contributed by atoms with E-state index >= 15 is 0 Å². The van der Waals surface area contributed by atoms with Crippen molar-refractivity contribution in [1.29, 1.82) is 0 Å². The summed E-state index contributed by atoms with van der Waals surface area (Å²) < 4.78 is 30.1. The largest absolute Gasteiger partial charge is 0.497 e. The van der Waals surface area contributed by atoms with E-state index < -0.39 is 22.0 Å². The van der Waals surface area contributed by atoms with Gasteiger partial charge < -0.3 is 19.8 Å². The number of carboxylic acid groups (broad SMARTS) is 2. The summed E-state index contributed by atoms with van der Waals surface area (Å²) in [5.74, 6) is -3.02. The molecule has 1 saturated heterocycles. The van der Waals surface area contributed by atoms with Gasteiger partial charge in [0.2, 0.25) is 10.0 Å². The Hall–Kier alpha value is -2.66. The molecule has 1 fully saturated rings. The number of hydrogen-bond acceptors (Lipinski definition) is 6. The lowest BCUT2D eigenvalue weighted by molar-refractivity contribution is -0.159. The van der Waals surface area contributed by atoms with Gasteiger partial charge in [-0.1, -0.05) is 6.07 Å². The van der Waals surface area contributed by atoms with E-state index in [1.165, 1.54) is 4.31 Å². The van der Waals surface area contributed by atoms with Gasteiger partial charge in [0.05, 0.1) is 12.9 Å². The molecule has 1 aliphatic heterocycles. The smallest absolute Gasteiger partial charge is 0.414 e. The highest BCUT2D eigenvalue weighted by atomic mass is 32.2. The quantitative estimate of drug-likeness (QED) is 0.668. The molecule has 0 radical (unpaired) electrons. The van der Waals surface area contributed by atoms with E-state index in [1.807, 2.05) is 0 Å². The average Bonchev–Trinajstić information content (AvgIpc) is 2.68. The summed E-state index contributed by atoms with van der Waals surface area (Å²) in [6.45, 7) is 3.16. The summed E-state index contributed by atoms with van der Waals surface area (Å²) in [4.78, 5) is 32.3.